The predicted octanol–water partition coefficient (Wildman–Crippen LogP) is 2.15. The fourth-order valence-electron chi connectivity index (χ4n) is 0.533. The average Bonchev–Trinajstić information content (AvgIpc) is 1.91. The Kier molecular flexibility index (Phi) is 5.12. The first-order chi connectivity index (χ1) is 4.43. The van der Waals surface area contributed by atoms with E-state index in [-0.39, 0.29) is 12.4 Å². The lowest BCUT2D eigenvalue weighted by Gasteiger charge is -1.97. The number of nitrogens with one attached hydrogen (secondary N) is 1. The number of hydrogen-bond acceptors (Lipinski definition) is 2. The van der Waals surface area contributed by atoms with Gasteiger partial charge in [0.1, 0.15) is 5.75 Å². The summed E-state index contributed by atoms with van der Waals surface area (Å²) in [4.78, 5) is 6.78. The van der Waals surface area contributed by atoms with Gasteiger partial charge >= 0.3 is 0 Å². The molecule has 0 fully saturated rings. The van der Waals surface area contributed by atoms with Crippen LogP contribution >= 0.6 is 24.2 Å². The van der Waals surface area contributed by atoms with E-state index in [9.17, 15) is 0 Å². The van der Waals surface area contributed by atoms with Crippen molar-refractivity contribution in [2.75, 3.05) is 0 Å². The highest BCUT2D eigenvalue weighted by molar-refractivity contribution is 6.12. The highest BCUT2D eigenvalue weighted by Crippen LogP contribution is 2.06. The van der Waals surface area contributed by atoms with Gasteiger partial charge in [0.25, 0.3) is 0 Å². The molecule has 0 amide bonds. The van der Waals surface area contributed by atoms with Gasteiger partial charge in [-0.15, -0.1) is 12.4 Å². The van der Waals surface area contributed by atoms with Crippen molar-refractivity contribution in [1.29, 1.82) is 0 Å². The lowest BCUT2D eigenvalue weighted by Crippen LogP contribution is -2.03. The molecule has 2 nitrogen and oxygen atoms in total. The summed E-state index contributed by atoms with van der Waals surface area (Å²) < 4.78 is 0. The molecule has 0 aliphatic rings. The smallest absolute Gasteiger partial charge is 0.148 e. The maximum Gasteiger partial charge on any atom is 0.148 e. The third kappa shape index (κ3) is 2.92. The lowest BCUT2D eigenvalue weighted by molar-refractivity contribution is 0.278. The molecular weight excluding hydrogens is 173 g/mol. The van der Waals surface area contributed by atoms with E-state index in [1.807, 2.05) is 18.2 Å². The van der Waals surface area contributed by atoms with Gasteiger partial charge in [0.2, 0.25) is 0 Å². The first kappa shape index (κ1) is 9.56. The van der Waals surface area contributed by atoms with E-state index in [0.717, 1.165) is 0 Å². The van der Waals surface area contributed by atoms with E-state index in [2.05, 4.69) is 5.00 Å². The van der Waals surface area contributed by atoms with Crippen LogP contribution in [0.2, 0.25) is 0 Å². The molecule has 0 atom stereocenters. The summed E-state index contributed by atoms with van der Waals surface area (Å²) in [6, 6.07) is 9.24. The van der Waals surface area contributed by atoms with E-state index in [4.69, 9.17) is 16.6 Å². The molecular formula is C6H7Cl2NO. The maximum atomic E-state index is 5.06. The second kappa shape index (κ2) is 5.35. The Hall–Kier alpha value is -0.440. The van der Waals surface area contributed by atoms with Gasteiger partial charge in [0, 0.05) is 11.8 Å². The van der Waals surface area contributed by atoms with Crippen molar-refractivity contribution in [1.82, 2.24) is 5.00 Å². The molecule has 56 valence electrons. The van der Waals surface area contributed by atoms with Gasteiger partial charge in [0.05, 0.1) is 0 Å². The van der Waals surface area contributed by atoms with Crippen LogP contribution in [0.3, 0.4) is 0 Å². The first-order valence-electron chi connectivity index (χ1n) is 2.51. The van der Waals surface area contributed by atoms with Crippen LogP contribution < -0.4 is 9.84 Å². The third-order valence-corrected chi connectivity index (χ3v) is 0.977. The minimum absolute atomic E-state index is 0. The maximum absolute atomic E-state index is 5.06. The fraction of sp³-hybridized carbons (Fsp3) is 0. The molecule has 0 aromatic heterocycles. The molecule has 4 heteroatoms. The second-order valence-electron chi connectivity index (χ2n) is 1.49. The molecule has 0 spiro atoms. The number of halogens is 2. The van der Waals surface area contributed by atoms with Crippen LogP contribution in [0.4, 0.5) is 0 Å². The van der Waals surface area contributed by atoms with E-state index >= 15 is 0 Å². The molecule has 0 unspecified atom stereocenters. The normalized spacial score (nSPS) is 8.10. The Morgan fingerprint density at radius 1 is 1.20 bits per heavy atom. The van der Waals surface area contributed by atoms with Gasteiger partial charge in [-0.25, -0.2) is 0 Å². The largest absolute Gasteiger partial charge is 0.393 e. The lowest BCUT2D eigenvalue weighted by atomic mass is 10.3. The molecule has 10 heavy (non-hydrogen) atoms. The van der Waals surface area contributed by atoms with Crippen molar-refractivity contribution in [2.45, 2.75) is 0 Å². The first-order valence-corrected chi connectivity index (χ1v) is 2.89. The predicted molar refractivity (Wildman–Crippen MR) is 43.3 cm³/mol. The molecule has 0 heterocycles. The van der Waals surface area contributed by atoms with Crippen LogP contribution in [0.15, 0.2) is 30.3 Å². The van der Waals surface area contributed by atoms with Gasteiger partial charge in [-0.2, -0.15) is 0 Å². The molecule has 1 aromatic rings. The molecule has 1 N–H and O–H groups in total. The molecule has 1 aromatic carbocycles. The van der Waals surface area contributed by atoms with Gasteiger partial charge in [-0.3, -0.25) is 0 Å². The molecule has 0 bridgehead atoms. The van der Waals surface area contributed by atoms with Crippen LogP contribution in [-0.2, 0) is 0 Å². The SMILES string of the molecule is Cl.ClNOc1ccccc1. The molecule has 0 aliphatic heterocycles. The Bertz CT molecular complexity index is 169. The van der Waals surface area contributed by atoms with Crippen molar-refractivity contribution in [2.24, 2.45) is 0 Å². The highest BCUT2D eigenvalue weighted by atomic mass is 35.5. The van der Waals surface area contributed by atoms with E-state index in [1.54, 1.807) is 12.1 Å². The van der Waals surface area contributed by atoms with Gasteiger partial charge in [-0.1, -0.05) is 23.2 Å². The van der Waals surface area contributed by atoms with Crippen molar-refractivity contribution in [3.05, 3.63) is 30.3 Å². The molecule has 1 rings (SSSR count). The summed E-state index contributed by atoms with van der Waals surface area (Å²) in [6.45, 7) is 0. The number of rotatable bonds is 2. The summed E-state index contributed by atoms with van der Waals surface area (Å²) in [5.74, 6) is 0.701. The summed E-state index contributed by atoms with van der Waals surface area (Å²) in [7, 11) is 0. The van der Waals surface area contributed by atoms with Crippen molar-refractivity contribution >= 4 is 24.2 Å². The van der Waals surface area contributed by atoms with Crippen LogP contribution in [-0.4, -0.2) is 0 Å². The van der Waals surface area contributed by atoms with Crippen LogP contribution in [0, 0.1) is 0 Å². The fourth-order valence-corrected chi connectivity index (χ4v) is 0.622. The Balaban J connectivity index is 0.000000810. The minimum atomic E-state index is 0. The van der Waals surface area contributed by atoms with Gasteiger partial charge in [-0.05, 0) is 12.1 Å². The zero-order valence-corrected chi connectivity index (χ0v) is 6.65. The summed E-state index contributed by atoms with van der Waals surface area (Å²) in [5, 5.41) is 0. The van der Waals surface area contributed by atoms with Crippen molar-refractivity contribution in [3.8, 4) is 5.75 Å². The zero-order valence-electron chi connectivity index (χ0n) is 5.08. The van der Waals surface area contributed by atoms with Crippen LogP contribution in [0.1, 0.15) is 0 Å². The second-order valence-corrected chi connectivity index (χ2v) is 1.65. The van der Waals surface area contributed by atoms with Crippen LogP contribution in [0.5, 0.6) is 5.75 Å². The van der Waals surface area contributed by atoms with Gasteiger partial charge in [0.15, 0.2) is 0 Å². The standard InChI is InChI=1S/C6H6ClNO.ClH/c7-8-9-6-4-2-1-3-5-6;/h1-5,8H;1H. The van der Waals surface area contributed by atoms with E-state index in [0.29, 0.717) is 5.75 Å². The topological polar surface area (TPSA) is 21.3 Å². The summed E-state index contributed by atoms with van der Waals surface area (Å²) >= 11 is 5.06. The summed E-state index contributed by atoms with van der Waals surface area (Å²) in [5.41, 5.74) is 0. The third-order valence-electron chi connectivity index (χ3n) is 0.900. The average molecular weight is 180 g/mol. The van der Waals surface area contributed by atoms with Crippen LogP contribution in [0.25, 0.3) is 0 Å². The molecule has 0 aliphatic carbocycles. The number of hydrogen-bond donors (Lipinski definition) is 1. The number of para-hydroxylation sites is 1. The molecule has 0 radical (unpaired) electrons. The van der Waals surface area contributed by atoms with Crippen molar-refractivity contribution in [3.63, 3.8) is 0 Å². The van der Waals surface area contributed by atoms with Crippen molar-refractivity contribution < 1.29 is 4.84 Å². The molecule has 0 saturated heterocycles. The zero-order chi connectivity index (χ0) is 6.53. The van der Waals surface area contributed by atoms with E-state index < -0.39 is 0 Å². The van der Waals surface area contributed by atoms with Gasteiger partial charge < -0.3 is 4.84 Å². The quantitative estimate of drug-likeness (QED) is 0.556. The summed E-state index contributed by atoms with van der Waals surface area (Å²) in [6.07, 6.45) is 0. The monoisotopic (exact) mass is 179 g/mol. The Morgan fingerprint density at radius 3 is 2.30 bits per heavy atom. The molecule has 0 saturated carbocycles. The minimum Gasteiger partial charge on any atom is -0.393 e. The highest BCUT2D eigenvalue weighted by Gasteiger charge is 1.85. The Labute approximate surface area is 70.6 Å². The van der Waals surface area contributed by atoms with E-state index in [1.165, 1.54) is 0 Å². The Morgan fingerprint density at radius 2 is 1.80 bits per heavy atom. The number of benzene rings is 1.